The molecule has 0 spiro atoms. The maximum absolute atomic E-state index is 12.6. The van der Waals surface area contributed by atoms with Crippen molar-refractivity contribution in [3.63, 3.8) is 0 Å². The summed E-state index contributed by atoms with van der Waals surface area (Å²) in [6.07, 6.45) is 1.60. The van der Waals surface area contributed by atoms with E-state index in [2.05, 4.69) is 15.2 Å². The molecule has 6 nitrogen and oxygen atoms in total. The molecule has 0 fully saturated rings. The van der Waals surface area contributed by atoms with Gasteiger partial charge in [0.15, 0.2) is 16.7 Å². The van der Waals surface area contributed by atoms with E-state index in [4.69, 9.17) is 4.42 Å². The third-order valence-electron chi connectivity index (χ3n) is 4.17. The number of nitrogens with one attached hydrogen (secondary N) is 1. The van der Waals surface area contributed by atoms with Crippen LogP contribution in [0, 0.1) is 13.8 Å². The van der Waals surface area contributed by atoms with Crippen LogP contribution in [-0.4, -0.2) is 31.3 Å². The number of aryl methyl sites for hydroxylation is 2. The maximum Gasteiger partial charge on any atom is 0.205 e. The Hall–Kier alpha value is -3.06. The van der Waals surface area contributed by atoms with Crippen LogP contribution in [-0.2, 0) is 0 Å². The van der Waals surface area contributed by atoms with Crippen LogP contribution >= 0.6 is 11.8 Å². The summed E-state index contributed by atoms with van der Waals surface area (Å²) in [7, 11) is 0. The van der Waals surface area contributed by atoms with Gasteiger partial charge >= 0.3 is 0 Å². The number of Topliss-reactive ketones (excluding diaryl/α,β-unsaturated/α-hetero) is 1. The molecule has 136 valence electrons. The summed E-state index contributed by atoms with van der Waals surface area (Å²) in [4.78, 5) is 15.8. The Morgan fingerprint density at radius 2 is 1.96 bits per heavy atom. The van der Waals surface area contributed by atoms with E-state index in [1.54, 1.807) is 6.26 Å². The highest BCUT2D eigenvalue weighted by atomic mass is 32.2. The molecule has 0 aliphatic carbocycles. The Bertz CT molecular complexity index is 1070. The Labute approximate surface area is 160 Å². The highest BCUT2D eigenvalue weighted by Crippen LogP contribution is 2.28. The van der Waals surface area contributed by atoms with E-state index in [0.29, 0.717) is 16.7 Å². The summed E-state index contributed by atoms with van der Waals surface area (Å²) in [6, 6.07) is 15.3. The standard InChI is InChI=1S/C20H18N4O2S/c1-13-11-16(14(2)21-13)17(25)12-27-20-23-22-19(18-9-6-10-26-18)24(20)15-7-4-3-5-8-15/h3-11,21H,12H2,1-2H3. The number of H-pyrrole nitrogens is 1. The molecule has 0 aliphatic heterocycles. The molecule has 7 heteroatoms. The fourth-order valence-corrected chi connectivity index (χ4v) is 3.80. The van der Waals surface area contributed by atoms with E-state index in [1.165, 1.54) is 11.8 Å². The molecule has 0 radical (unpaired) electrons. The number of thioether (sulfide) groups is 1. The highest BCUT2D eigenvalue weighted by Gasteiger charge is 2.20. The second-order valence-corrected chi connectivity index (χ2v) is 7.10. The largest absolute Gasteiger partial charge is 0.461 e. The molecule has 27 heavy (non-hydrogen) atoms. The predicted octanol–water partition coefficient (Wildman–Crippen LogP) is 4.45. The molecule has 0 saturated heterocycles. The summed E-state index contributed by atoms with van der Waals surface area (Å²) >= 11 is 1.37. The van der Waals surface area contributed by atoms with Crippen molar-refractivity contribution in [2.75, 3.05) is 5.75 Å². The van der Waals surface area contributed by atoms with Crippen LogP contribution in [0.4, 0.5) is 0 Å². The van der Waals surface area contributed by atoms with Crippen molar-refractivity contribution in [3.8, 4) is 17.3 Å². The number of carbonyl (C=O) groups excluding carboxylic acids is 1. The molecular weight excluding hydrogens is 360 g/mol. The SMILES string of the molecule is Cc1cc(C(=O)CSc2nnc(-c3ccco3)n2-c2ccccc2)c(C)[nH]1. The molecule has 4 aromatic rings. The van der Waals surface area contributed by atoms with Gasteiger partial charge in [0, 0.05) is 22.6 Å². The van der Waals surface area contributed by atoms with E-state index in [1.807, 2.05) is 66.9 Å². The summed E-state index contributed by atoms with van der Waals surface area (Å²) in [5, 5.41) is 9.23. The molecule has 0 atom stereocenters. The highest BCUT2D eigenvalue weighted by molar-refractivity contribution is 7.99. The first-order valence-corrected chi connectivity index (χ1v) is 9.49. The van der Waals surface area contributed by atoms with Crippen molar-refractivity contribution < 1.29 is 9.21 Å². The zero-order valence-corrected chi connectivity index (χ0v) is 15.8. The number of aromatic nitrogens is 4. The lowest BCUT2D eigenvalue weighted by molar-refractivity contribution is 0.102. The number of rotatable bonds is 6. The lowest BCUT2D eigenvalue weighted by Crippen LogP contribution is -2.05. The summed E-state index contributed by atoms with van der Waals surface area (Å²) in [5.41, 5.74) is 3.50. The zero-order valence-electron chi connectivity index (χ0n) is 15.0. The van der Waals surface area contributed by atoms with E-state index < -0.39 is 0 Å². The van der Waals surface area contributed by atoms with Crippen LogP contribution in [0.5, 0.6) is 0 Å². The third-order valence-corrected chi connectivity index (χ3v) is 5.10. The second-order valence-electron chi connectivity index (χ2n) is 6.16. The maximum atomic E-state index is 12.6. The first-order chi connectivity index (χ1) is 13.1. The number of aromatic amines is 1. The zero-order chi connectivity index (χ0) is 18.8. The normalized spacial score (nSPS) is 11.0. The molecule has 0 bridgehead atoms. The van der Waals surface area contributed by atoms with Crippen molar-refractivity contribution in [3.05, 3.63) is 71.7 Å². The molecule has 0 amide bonds. The van der Waals surface area contributed by atoms with Gasteiger partial charge in [-0.25, -0.2) is 0 Å². The summed E-state index contributed by atoms with van der Waals surface area (Å²) in [6.45, 7) is 3.85. The predicted molar refractivity (Wildman–Crippen MR) is 104 cm³/mol. The van der Waals surface area contributed by atoms with Crippen LogP contribution in [0.25, 0.3) is 17.3 Å². The first-order valence-electron chi connectivity index (χ1n) is 8.50. The van der Waals surface area contributed by atoms with Gasteiger partial charge < -0.3 is 9.40 Å². The Morgan fingerprint density at radius 1 is 1.15 bits per heavy atom. The van der Waals surface area contributed by atoms with Gasteiger partial charge in [0.25, 0.3) is 0 Å². The van der Waals surface area contributed by atoms with Crippen LogP contribution in [0.3, 0.4) is 0 Å². The Kier molecular flexibility index (Phi) is 4.68. The van der Waals surface area contributed by atoms with Gasteiger partial charge in [0.05, 0.1) is 12.0 Å². The van der Waals surface area contributed by atoms with Gasteiger partial charge in [-0.1, -0.05) is 30.0 Å². The second kappa shape index (κ2) is 7.28. The number of carbonyl (C=O) groups is 1. The molecule has 0 aliphatic rings. The summed E-state index contributed by atoms with van der Waals surface area (Å²) < 4.78 is 7.41. The Morgan fingerprint density at radius 3 is 2.63 bits per heavy atom. The van der Waals surface area contributed by atoms with Gasteiger partial charge in [-0.15, -0.1) is 10.2 Å². The fourth-order valence-electron chi connectivity index (χ4n) is 2.96. The average Bonchev–Trinajstić information content (AvgIpc) is 3.39. The molecule has 0 unspecified atom stereocenters. The monoisotopic (exact) mass is 378 g/mol. The van der Waals surface area contributed by atoms with Crippen molar-refractivity contribution >= 4 is 17.5 Å². The smallest absolute Gasteiger partial charge is 0.205 e. The van der Waals surface area contributed by atoms with E-state index in [-0.39, 0.29) is 11.5 Å². The molecule has 3 heterocycles. The molecule has 3 aromatic heterocycles. The quantitative estimate of drug-likeness (QED) is 0.396. The number of furan rings is 1. The third kappa shape index (κ3) is 3.46. The minimum Gasteiger partial charge on any atom is -0.461 e. The van der Waals surface area contributed by atoms with Gasteiger partial charge in [-0.2, -0.15) is 0 Å². The number of ketones is 1. The number of hydrogen-bond donors (Lipinski definition) is 1. The van der Waals surface area contributed by atoms with Crippen molar-refractivity contribution in [2.24, 2.45) is 0 Å². The fraction of sp³-hybridized carbons (Fsp3) is 0.150. The van der Waals surface area contributed by atoms with E-state index in [0.717, 1.165) is 22.6 Å². The van der Waals surface area contributed by atoms with Crippen molar-refractivity contribution in [1.82, 2.24) is 19.7 Å². The van der Waals surface area contributed by atoms with Crippen molar-refractivity contribution in [1.29, 1.82) is 0 Å². The van der Waals surface area contributed by atoms with E-state index >= 15 is 0 Å². The van der Waals surface area contributed by atoms with Crippen LogP contribution < -0.4 is 0 Å². The van der Waals surface area contributed by atoms with E-state index in [9.17, 15) is 4.79 Å². The minimum absolute atomic E-state index is 0.0593. The number of benzene rings is 1. The van der Waals surface area contributed by atoms with Gasteiger partial charge in [-0.3, -0.25) is 9.36 Å². The molecule has 4 rings (SSSR count). The Balaban J connectivity index is 1.65. The van der Waals surface area contributed by atoms with Gasteiger partial charge in [-0.05, 0) is 44.2 Å². The number of hydrogen-bond acceptors (Lipinski definition) is 5. The average molecular weight is 378 g/mol. The van der Waals surface area contributed by atoms with Gasteiger partial charge in [0.2, 0.25) is 5.82 Å². The minimum atomic E-state index is 0.0593. The molecule has 0 saturated carbocycles. The lowest BCUT2D eigenvalue weighted by Gasteiger charge is -2.08. The molecule has 1 aromatic carbocycles. The first kappa shape index (κ1) is 17.4. The molecular formula is C20H18N4O2S. The van der Waals surface area contributed by atoms with Crippen LogP contribution in [0.2, 0.25) is 0 Å². The van der Waals surface area contributed by atoms with Gasteiger partial charge in [0.1, 0.15) is 0 Å². The van der Waals surface area contributed by atoms with Crippen molar-refractivity contribution in [2.45, 2.75) is 19.0 Å². The lowest BCUT2D eigenvalue weighted by atomic mass is 10.2. The summed E-state index contributed by atoms with van der Waals surface area (Å²) in [5.74, 6) is 1.57. The number of para-hydroxylation sites is 1. The van der Waals surface area contributed by atoms with Crippen LogP contribution in [0.15, 0.2) is 64.4 Å². The van der Waals surface area contributed by atoms with Crippen LogP contribution in [0.1, 0.15) is 21.7 Å². The number of nitrogens with zero attached hydrogens (tertiary/aromatic N) is 3. The molecule has 1 N–H and O–H groups in total. The topological polar surface area (TPSA) is 76.7 Å².